The molecule has 0 aliphatic carbocycles. The molecule has 1 atom stereocenters. The largest absolute Gasteiger partial charge is 0.337 e. The number of nitrogens with zero attached hydrogens (tertiary/aromatic N) is 1. The number of halogens is 1. The van der Waals surface area contributed by atoms with Gasteiger partial charge in [-0.1, -0.05) is 0 Å². The third kappa shape index (κ3) is 1.67. The molecular weight excluding hydrogens is 162 g/mol. The molecule has 1 rings (SSSR count). The average molecular weight is 176 g/mol. The van der Waals surface area contributed by atoms with Crippen molar-refractivity contribution in [3.63, 3.8) is 0 Å². The molecule has 64 valence electrons. The van der Waals surface area contributed by atoms with Crippen LogP contribution in [0.1, 0.15) is 27.2 Å². The van der Waals surface area contributed by atoms with Gasteiger partial charge in [0.25, 0.3) is 0 Å². The lowest BCUT2D eigenvalue weighted by molar-refractivity contribution is -0.131. The van der Waals surface area contributed by atoms with Gasteiger partial charge in [0, 0.05) is 12.1 Å². The second-order valence-corrected chi connectivity index (χ2v) is 4.44. The van der Waals surface area contributed by atoms with Crippen molar-refractivity contribution in [2.75, 3.05) is 6.54 Å². The lowest BCUT2D eigenvalue weighted by atomic mass is 10.1. The van der Waals surface area contributed by atoms with Gasteiger partial charge < -0.3 is 4.90 Å². The van der Waals surface area contributed by atoms with Gasteiger partial charge in [-0.25, -0.2) is 0 Å². The van der Waals surface area contributed by atoms with Crippen LogP contribution >= 0.6 is 11.6 Å². The lowest BCUT2D eigenvalue weighted by Gasteiger charge is -2.31. The van der Waals surface area contributed by atoms with Gasteiger partial charge in [0.1, 0.15) is 5.38 Å². The molecule has 2 nitrogen and oxygen atoms in total. The van der Waals surface area contributed by atoms with Crippen LogP contribution in [0.4, 0.5) is 0 Å². The summed E-state index contributed by atoms with van der Waals surface area (Å²) in [6, 6.07) is 0. The van der Waals surface area contributed by atoms with Crippen molar-refractivity contribution >= 4 is 17.5 Å². The molecule has 0 unspecified atom stereocenters. The highest BCUT2D eigenvalue weighted by Gasteiger charge is 2.36. The first-order chi connectivity index (χ1) is 4.93. The zero-order chi connectivity index (χ0) is 8.65. The van der Waals surface area contributed by atoms with E-state index < -0.39 is 0 Å². The van der Waals surface area contributed by atoms with E-state index in [-0.39, 0.29) is 16.8 Å². The summed E-state index contributed by atoms with van der Waals surface area (Å²) in [5.41, 5.74) is -0.0687. The smallest absolute Gasteiger partial charge is 0.241 e. The van der Waals surface area contributed by atoms with Gasteiger partial charge in [-0.15, -0.1) is 11.6 Å². The minimum atomic E-state index is -0.283. The topological polar surface area (TPSA) is 20.3 Å². The number of alkyl halides is 1. The van der Waals surface area contributed by atoms with E-state index in [2.05, 4.69) is 0 Å². The first-order valence-corrected chi connectivity index (χ1v) is 4.32. The minimum absolute atomic E-state index is 0.0687. The van der Waals surface area contributed by atoms with E-state index in [9.17, 15) is 4.79 Å². The van der Waals surface area contributed by atoms with Crippen LogP contribution in [0.25, 0.3) is 0 Å². The SMILES string of the molecule is CC(C)(C)N1CC[C@H](Cl)C1=O. The molecule has 1 amide bonds. The van der Waals surface area contributed by atoms with Crippen LogP contribution in [0.2, 0.25) is 0 Å². The van der Waals surface area contributed by atoms with Crippen molar-refractivity contribution in [1.82, 2.24) is 4.90 Å². The summed E-state index contributed by atoms with van der Waals surface area (Å²) in [7, 11) is 0. The number of carbonyl (C=O) groups is 1. The first kappa shape index (κ1) is 8.85. The molecule has 1 heterocycles. The summed E-state index contributed by atoms with van der Waals surface area (Å²) in [6.07, 6.45) is 0.789. The van der Waals surface area contributed by atoms with Crippen LogP contribution in [0, 0.1) is 0 Å². The van der Waals surface area contributed by atoms with Gasteiger partial charge in [-0.05, 0) is 27.2 Å². The number of amides is 1. The predicted octanol–water partition coefficient (Wildman–Crippen LogP) is 1.62. The quantitative estimate of drug-likeness (QED) is 0.513. The molecule has 1 saturated heterocycles. The Morgan fingerprint density at radius 3 is 2.27 bits per heavy atom. The van der Waals surface area contributed by atoms with Crippen LogP contribution in [0.15, 0.2) is 0 Å². The van der Waals surface area contributed by atoms with E-state index in [0.29, 0.717) is 0 Å². The summed E-state index contributed by atoms with van der Waals surface area (Å²) in [6.45, 7) is 6.88. The predicted molar refractivity (Wildman–Crippen MR) is 45.7 cm³/mol. The number of hydrogen-bond donors (Lipinski definition) is 0. The van der Waals surface area contributed by atoms with Crippen molar-refractivity contribution in [2.45, 2.75) is 38.1 Å². The molecule has 0 radical (unpaired) electrons. The molecule has 11 heavy (non-hydrogen) atoms. The van der Waals surface area contributed by atoms with Crippen molar-refractivity contribution in [3.05, 3.63) is 0 Å². The Morgan fingerprint density at radius 2 is 2.09 bits per heavy atom. The zero-order valence-corrected chi connectivity index (χ0v) is 7.98. The Labute approximate surface area is 72.5 Å². The van der Waals surface area contributed by atoms with E-state index in [1.54, 1.807) is 0 Å². The third-order valence-corrected chi connectivity index (χ3v) is 2.35. The van der Waals surface area contributed by atoms with Gasteiger partial charge in [0.05, 0.1) is 0 Å². The van der Waals surface area contributed by atoms with E-state index >= 15 is 0 Å². The van der Waals surface area contributed by atoms with E-state index in [4.69, 9.17) is 11.6 Å². The summed E-state index contributed by atoms with van der Waals surface area (Å²) in [5, 5.41) is -0.283. The highest BCUT2D eigenvalue weighted by atomic mass is 35.5. The molecule has 0 aromatic heterocycles. The van der Waals surface area contributed by atoms with Gasteiger partial charge in [0.15, 0.2) is 0 Å². The summed E-state index contributed by atoms with van der Waals surface area (Å²) < 4.78 is 0. The number of hydrogen-bond acceptors (Lipinski definition) is 1. The highest BCUT2D eigenvalue weighted by Crippen LogP contribution is 2.24. The van der Waals surface area contributed by atoms with E-state index in [1.165, 1.54) is 0 Å². The molecule has 3 heteroatoms. The molecule has 1 aliphatic heterocycles. The fourth-order valence-corrected chi connectivity index (χ4v) is 1.53. The fourth-order valence-electron chi connectivity index (χ4n) is 1.31. The number of carbonyl (C=O) groups excluding carboxylic acids is 1. The average Bonchev–Trinajstić information content (AvgIpc) is 2.11. The van der Waals surface area contributed by atoms with E-state index in [1.807, 2.05) is 25.7 Å². The van der Waals surface area contributed by atoms with Crippen LogP contribution < -0.4 is 0 Å². The van der Waals surface area contributed by atoms with Gasteiger partial charge in [0.2, 0.25) is 5.91 Å². The normalized spacial score (nSPS) is 26.4. The van der Waals surface area contributed by atoms with Crippen molar-refractivity contribution in [1.29, 1.82) is 0 Å². The summed E-state index contributed by atoms with van der Waals surface area (Å²) in [4.78, 5) is 13.2. The van der Waals surface area contributed by atoms with Crippen molar-refractivity contribution < 1.29 is 4.79 Å². The Kier molecular flexibility index (Phi) is 2.15. The van der Waals surface area contributed by atoms with Crippen LogP contribution in [-0.4, -0.2) is 28.3 Å². The zero-order valence-electron chi connectivity index (χ0n) is 7.22. The van der Waals surface area contributed by atoms with Gasteiger partial charge in [-0.2, -0.15) is 0 Å². The number of likely N-dealkylation sites (tertiary alicyclic amines) is 1. The number of rotatable bonds is 0. The second-order valence-electron chi connectivity index (χ2n) is 3.92. The van der Waals surface area contributed by atoms with Crippen LogP contribution in [-0.2, 0) is 4.79 Å². The molecule has 0 bridgehead atoms. The Balaban J connectivity index is 2.70. The third-order valence-electron chi connectivity index (χ3n) is 1.95. The van der Waals surface area contributed by atoms with Gasteiger partial charge >= 0.3 is 0 Å². The van der Waals surface area contributed by atoms with Crippen LogP contribution in [0.5, 0.6) is 0 Å². The molecular formula is C8H14ClNO. The highest BCUT2D eigenvalue weighted by molar-refractivity contribution is 6.31. The fraction of sp³-hybridized carbons (Fsp3) is 0.875. The Bertz CT molecular complexity index is 173. The Hall–Kier alpha value is -0.240. The second kappa shape index (κ2) is 2.67. The molecule has 0 spiro atoms. The van der Waals surface area contributed by atoms with Crippen LogP contribution in [0.3, 0.4) is 0 Å². The van der Waals surface area contributed by atoms with Gasteiger partial charge in [-0.3, -0.25) is 4.79 Å². The maximum Gasteiger partial charge on any atom is 0.241 e. The standard InChI is InChI=1S/C8H14ClNO/c1-8(2,3)10-5-4-6(9)7(10)11/h6H,4-5H2,1-3H3/t6-/m0/s1. The maximum atomic E-state index is 11.3. The van der Waals surface area contributed by atoms with Crippen molar-refractivity contribution in [2.24, 2.45) is 0 Å². The maximum absolute atomic E-state index is 11.3. The summed E-state index contributed by atoms with van der Waals surface area (Å²) in [5.74, 6) is 0.0826. The molecule has 0 N–H and O–H groups in total. The monoisotopic (exact) mass is 175 g/mol. The molecule has 0 saturated carbocycles. The molecule has 1 fully saturated rings. The first-order valence-electron chi connectivity index (χ1n) is 3.88. The molecule has 0 aromatic carbocycles. The molecule has 0 aromatic rings. The lowest BCUT2D eigenvalue weighted by Crippen LogP contribution is -2.43. The Morgan fingerprint density at radius 1 is 1.55 bits per heavy atom. The van der Waals surface area contributed by atoms with E-state index in [0.717, 1.165) is 13.0 Å². The summed E-state index contributed by atoms with van der Waals surface area (Å²) >= 11 is 5.77. The molecule has 1 aliphatic rings. The minimum Gasteiger partial charge on any atom is -0.337 e. The van der Waals surface area contributed by atoms with Crippen molar-refractivity contribution in [3.8, 4) is 0 Å².